The highest BCUT2D eigenvalue weighted by Crippen LogP contribution is 2.25. The minimum absolute atomic E-state index is 0.174. The Kier molecular flexibility index (Phi) is 7.57. The Morgan fingerprint density at radius 1 is 0.789 bits per heavy atom. The van der Waals surface area contributed by atoms with E-state index in [1.807, 2.05) is 110 Å². The Bertz CT molecular complexity index is 1490. The highest BCUT2D eigenvalue weighted by molar-refractivity contribution is 6.04. The molecule has 0 saturated carbocycles. The second-order valence-electron chi connectivity index (χ2n) is 8.78. The zero-order valence-corrected chi connectivity index (χ0v) is 21.3. The maximum absolute atomic E-state index is 12.8. The summed E-state index contributed by atoms with van der Waals surface area (Å²) in [6.07, 6.45) is 0. The van der Waals surface area contributed by atoms with Crippen LogP contribution in [0.1, 0.15) is 15.9 Å². The van der Waals surface area contributed by atoms with Crippen LogP contribution in [0.15, 0.2) is 103 Å². The van der Waals surface area contributed by atoms with Crippen LogP contribution in [0, 0.1) is 6.92 Å². The summed E-state index contributed by atoms with van der Waals surface area (Å²) >= 11 is 0. The molecule has 1 N–H and O–H groups in total. The average molecular weight is 505 g/mol. The van der Waals surface area contributed by atoms with Crippen LogP contribution in [-0.2, 0) is 4.74 Å². The van der Waals surface area contributed by atoms with E-state index in [-0.39, 0.29) is 11.9 Å². The van der Waals surface area contributed by atoms with Crippen molar-refractivity contribution in [3.05, 3.63) is 114 Å². The molecule has 0 aliphatic carbocycles. The summed E-state index contributed by atoms with van der Waals surface area (Å²) in [5.41, 5.74) is 6.31. The molecule has 0 saturated heterocycles. The van der Waals surface area contributed by atoms with Crippen LogP contribution >= 0.6 is 0 Å². The van der Waals surface area contributed by atoms with Crippen LogP contribution in [0.2, 0.25) is 0 Å². The molecule has 1 aromatic heterocycles. The fourth-order valence-corrected chi connectivity index (χ4v) is 3.97. The largest absolute Gasteiger partial charge is 0.460 e. The molecule has 0 spiro atoms. The molecule has 1 amide bonds. The number of nitrogens with zero attached hydrogens (tertiary/aromatic N) is 3. The maximum Gasteiger partial charge on any atom is 0.336 e. The van der Waals surface area contributed by atoms with Crippen molar-refractivity contribution in [1.82, 2.24) is 14.8 Å². The number of carbonyl (C=O) groups is 1. The standard InChI is InChI=1S/C31H28N4O3/c1-22-8-10-25(11-9-22)29-33-31(38-21-20-37-2)34-35(29)28-18-16-27(17-19-28)32-30(36)26-14-12-24(13-15-26)23-6-4-3-5-7-23/h3-19H,20-21H2,1-2H3,(H,32,36). The maximum atomic E-state index is 12.8. The number of methoxy groups -OCH3 is 1. The number of hydrogen-bond acceptors (Lipinski definition) is 5. The summed E-state index contributed by atoms with van der Waals surface area (Å²) in [4.78, 5) is 17.4. The molecule has 4 aromatic carbocycles. The van der Waals surface area contributed by atoms with Gasteiger partial charge in [-0.15, -0.1) is 5.10 Å². The van der Waals surface area contributed by atoms with Gasteiger partial charge in [0.1, 0.15) is 6.61 Å². The summed E-state index contributed by atoms with van der Waals surface area (Å²) in [6.45, 7) is 2.83. The molecule has 0 unspecified atom stereocenters. The lowest BCUT2D eigenvalue weighted by Crippen LogP contribution is -2.11. The third kappa shape index (κ3) is 5.79. The molecule has 1 heterocycles. The minimum Gasteiger partial charge on any atom is -0.460 e. The van der Waals surface area contributed by atoms with Gasteiger partial charge in [0.15, 0.2) is 5.82 Å². The lowest BCUT2D eigenvalue weighted by atomic mass is 10.0. The Labute approximate surface area is 221 Å². The molecule has 0 atom stereocenters. The molecule has 5 rings (SSSR count). The highest BCUT2D eigenvalue weighted by Gasteiger charge is 2.15. The minimum atomic E-state index is -0.174. The van der Waals surface area contributed by atoms with E-state index in [9.17, 15) is 4.79 Å². The molecule has 7 nitrogen and oxygen atoms in total. The summed E-state index contributed by atoms with van der Waals surface area (Å²) < 4.78 is 12.5. The topological polar surface area (TPSA) is 78.3 Å². The fourth-order valence-electron chi connectivity index (χ4n) is 3.97. The average Bonchev–Trinajstić information content (AvgIpc) is 3.38. The Morgan fingerprint density at radius 2 is 1.45 bits per heavy atom. The number of benzene rings is 4. The first-order chi connectivity index (χ1) is 18.6. The van der Waals surface area contributed by atoms with Crippen molar-refractivity contribution in [2.45, 2.75) is 6.92 Å². The number of nitrogens with one attached hydrogen (secondary N) is 1. The van der Waals surface area contributed by atoms with E-state index >= 15 is 0 Å². The van der Waals surface area contributed by atoms with E-state index < -0.39 is 0 Å². The zero-order valence-electron chi connectivity index (χ0n) is 21.3. The number of hydrogen-bond donors (Lipinski definition) is 1. The first-order valence-corrected chi connectivity index (χ1v) is 12.3. The molecule has 0 fully saturated rings. The van der Waals surface area contributed by atoms with Crippen LogP contribution < -0.4 is 10.1 Å². The van der Waals surface area contributed by atoms with Gasteiger partial charge in [-0.2, -0.15) is 4.98 Å². The quantitative estimate of drug-likeness (QED) is 0.242. The molecule has 7 heteroatoms. The van der Waals surface area contributed by atoms with E-state index in [4.69, 9.17) is 9.47 Å². The molecule has 0 bridgehead atoms. The first-order valence-electron chi connectivity index (χ1n) is 12.3. The van der Waals surface area contributed by atoms with Gasteiger partial charge in [-0.3, -0.25) is 4.79 Å². The van der Waals surface area contributed by atoms with E-state index in [1.165, 1.54) is 0 Å². The number of amides is 1. The molecular formula is C31H28N4O3. The molecule has 190 valence electrons. The third-order valence-electron chi connectivity index (χ3n) is 6.04. The number of aryl methyl sites for hydroxylation is 1. The third-order valence-corrected chi connectivity index (χ3v) is 6.04. The van der Waals surface area contributed by atoms with Crippen LogP contribution in [-0.4, -0.2) is 41.0 Å². The second kappa shape index (κ2) is 11.5. The Morgan fingerprint density at radius 3 is 2.13 bits per heavy atom. The Balaban J connectivity index is 1.33. The summed E-state index contributed by atoms with van der Waals surface area (Å²) in [5.74, 6) is 0.486. The van der Waals surface area contributed by atoms with Crippen LogP contribution in [0.3, 0.4) is 0 Å². The van der Waals surface area contributed by atoms with Crippen molar-refractivity contribution in [2.24, 2.45) is 0 Å². The van der Waals surface area contributed by atoms with Crippen molar-refractivity contribution < 1.29 is 14.3 Å². The normalized spacial score (nSPS) is 10.8. The van der Waals surface area contributed by atoms with Crippen molar-refractivity contribution in [3.63, 3.8) is 0 Å². The predicted octanol–water partition coefficient (Wildman–Crippen LogP) is 6.19. The fraction of sp³-hybridized carbons (Fsp3) is 0.129. The predicted molar refractivity (Wildman–Crippen MR) is 149 cm³/mol. The van der Waals surface area contributed by atoms with Crippen molar-refractivity contribution in [1.29, 1.82) is 0 Å². The summed E-state index contributed by atoms with van der Waals surface area (Å²) in [5, 5.41) is 7.53. The molecule has 0 aliphatic rings. The lowest BCUT2D eigenvalue weighted by molar-refractivity contribution is 0.102. The summed E-state index contributed by atoms with van der Waals surface area (Å²) in [6, 6.07) is 33.5. The van der Waals surface area contributed by atoms with Crippen LogP contribution in [0.25, 0.3) is 28.2 Å². The zero-order chi connectivity index (χ0) is 26.3. The van der Waals surface area contributed by atoms with Crippen LogP contribution in [0.5, 0.6) is 6.01 Å². The Hall–Kier alpha value is -4.75. The van der Waals surface area contributed by atoms with Crippen molar-refractivity contribution in [2.75, 3.05) is 25.6 Å². The summed E-state index contributed by atoms with van der Waals surface area (Å²) in [7, 11) is 1.62. The van der Waals surface area contributed by atoms with E-state index in [2.05, 4.69) is 15.4 Å². The van der Waals surface area contributed by atoms with Gasteiger partial charge in [-0.25, -0.2) is 4.68 Å². The van der Waals surface area contributed by atoms with Gasteiger partial charge < -0.3 is 14.8 Å². The van der Waals surface area contributed by atoms with Gasteiger partial charge >= 0.3 is 6.01 Å². The highest BCUT2D eigenvalue weighted by atomic mass is 16.5. The number of anilines is 1. The second-order valence-corrected chi connectivity index (χ2v) is 8.78. The van der Waals surface area contributed by atoms with E-state index in [0.717, 1.165) is 27.9 Å². The number of rotatable bonds is 9. The van der Waals surface area contributed by atoms with Gasteiger partial charge in [-0.05, 0) is 54.4 Å². The van der Waals surface area contributed by atoms with E-state index in [1.54, 1.807) is 11.8 Å². The monoisotopic (exact) mass is 504 g/mol. The molecule has 0 aliphatic heterocycles. The van der Waals surface area contributed by atoms with E-state index in [0.29, 0.717) is 30.3 Å². The molecule has 5 aromatic rings. The SMILES string of the molecule is COCCOc1nc(-c2ccc(C)cc2)n(-c2ccc(NC(=O)c3ccc(-c4ccccc4)cc3)cc2)n1. The number of aromatic nitrogens is 3. The molecular weight excluding hydrogens is 476 g/mol. The van der Waals surface area contributed by atoms with Crippen molar-refractivity contribution >= 4 is 11.6 Å². The smallest absolute Gasteiger partial charge is 0.336 e. The molecule has 0 radical (unpaired) electrons. The van der Waals surface area contributed by atoms with Gasteiger partial charge in [0.2, 0.25) is 0 Å². The first kappa shape index (κ1) is 24.9. The van der Waals surface area contributed by atoms with Gasteiger partial charge in [0, 0.05) is 23.9 Å². The number of carbonyl (C=O) groups excluding carboxylic acids is 1. The van der Waals surface area contributed by atoms with Gasteiger partial charge in [0.05, 0.1) is 12.3 Å². The lowest BCUT2D eigenvalue weighted by Gasteiger charge is -2.09. The van der Waals surface area contributed by atoms with Crippen LogP contribution in [0.4, 0.5) is 5.69 Å². The van der Waals surface area contributed by atoms with Crippen molar-refractivity contribution in [3.8, 4) is 34.2 Å². The van der Waals surface area contributed by atoms with Gasteiger partial charge in [-0.1, -0.05) is 72.3 Å². The molecule has 38 heavy (non-hydrogen) atoms. The van der Waals surface area contributed by atoms with Gasteiger partial charge in [0.25, 0.3) is 5.91 Å². The number of ether oxygens (including phenoxy) is 2.